The van der Waals surface area contributed by atoms with Crippen molar-refractivity contribution in [3.63, 3.8) is 0 Å². The van der Waals surface area contributed by atoms with Gasteiger partial charge in [0.1, 0.15) is 8.07 Å². The van der Waals surface area contributed by atoms with E-state index >= 15 is 0 Å². The molecular formula is C40H58O9Si. The van der Waals surface area contributed by atoms with Crippen molar-refractivity contribution in [2.45, 2.75) is 102 Å². The van der Waals surface area contributed by atoms with E-state index in [0.29, 0.717) is 56.7 Å². The largest absolute Gasteiger partial charge is 0.510 e. The fourth-order valence-electron chi connectivity index (χ4n) is 6.72. The van der Waals surface area contributed by atoms with Gasteiger partial charge in [0.05, 0.1) is 60.6 Å². The fourth-order valence-corrected chi connectivity index (χ4v) is 12.0. The van der Waals surface area contributed by atoms with E-state index < -0.39 is 30.7 Å². The van der Waals surface area contributed by atoms with Crippen LogP contribution < -0.4 is 28.4 Å². The second kappa shape index (κ2) is 16.7. The van der Waals surface area contributed by atoms with Crippen LogP contribution in [0.15, 0.2) is 24.3 Å². The van der Waals surface area contributed by atoms with Gasteiger partial charge in [-0.3, -0.25) is 0 Å². The summed E-state index contributed by atoms with van der Waals surface area (Å²) in [6, 6.07) is 7.40. The molecule has 10 heteroatoms. The van der Waals surface area contributed by atoms with Gasteiger partial charge < -0.3 is 37.9 Å². The number of hydrogen-bond donors (Lipinski definition) is 0. The molecule has 0 fully saturated rings. The Hall–Kier alpha value is -4.15. The Bertz CT molecular complexity index is 1550. The van der Waals surface area contributed by atoms with Gasteiger partial charge in [-0.25, -0.2) is 4.79 Å². The van der Waals surface area contributed by atoms with Crippen LogP contribution in [0, 0.1) is 23.3 Å². The van der Waals surface area contributed by atoms with E-state index in [9.17, 15) is 4.79 Å². The lowest BCUT2D eigenvalue weighted by atomic mass is 9.69. The van der Waals surface area contributed by atoms with Crippen molar-refractivity contribution >= 4 is 14.2 Å². The van der Waals surface area contributed by atoms with Crippen LogP contribution in [-0.4, -0.2) is 69.6 Å². The van der Waals surface area contributed by atoms with Crippen LogP contribution in [0.5, 0.6) is 34.5 Å². The number of benzene rings is 2. The normalized spacial score (nSPS) is 13.0. The van der Waals surface area contributed by atoms with Crippen LogP contribution in [-0.2, 0) is 20.3 Å². The van der Waals surface area contributed by atoms with Gasteiger partial charge in [-0.15, -0.1) is 5.54 Å². The number of ether oxygens (including phenoxy) is 8. The Morgan fingerprint density at radius 2 is 0.960 bits per heavy atom. The van der Waals surface area contributed by atoms with Gasteiger partial charge in [-0.1, -0.05) is 47.5 Å². The van der Waals surface area contributed by atoms with Crippen molar-refractivity contribution in [3.8, 4) is 57.8 Å². The summed E-state index contributed by atoms with van der Waals surface area (Å²) in [6.45, 7) is 21.2. The van der Waals surface area contributed by atoms with Gasteiger partial charge in [0.2, 0.25) is 17.1 Å². The summed E-state index contributed by atoms with van der Waals surface area (Å²) in [4.78, 5) is 13.3. The second-order valence-electron chi connectivity index (χ2n) is 14.2. The molecule has 0 aliphatic carbocycles. The number of methoxy groups -OCH3 is 7. The minimum Gasteiger partial charge on any atom is -0.493 e. The van der Waals surface area contributed by atoms with Crippen LogP contribution in [0.2, 0.25) is 16.6 Å². The lowest BCUT2D eigenvalue weighted by Gasteiger charge is -2.41. The predicted octanol–water partition coefficient (Wildman–Crippen LogP) is 8.74. The maximum Gasteiger partial charge on any atom is 0.510 e. The first-order valence-electron chi connectivity index (χ1n) is 16.8. The predicted molar refractivity (Wildman–Crippen MR) is 201 cm³/mol. The summed E-state index contributed by atoms with van der Waals surface area (Å²) in [6.07, 6.45) is -0.911. The first-order valence-corrected chi connectivity index (χ1v) is 19.0. The molecule has 2 aromatic rings. The Balaban J connectivity index is 3.22. The summed E-state index contributed by atoms with van der Waals surface area (Å²) in [5, 5.41) is 0. The molecule has 0 aromatic heterocycles. The molecule has 9 nitrogen and oxygen atoms in total. The molecule has 0 N–H and O–H groups in total. The molecule has 2 rings (SSSR count). The van der Waals surface area contributed by atoms with Gasteiger partial charge in [0.25, 0.3) is 0 Å². The average molecular weight is 711 g/mol. The maximum atomic E-state index is 13.3. The molecule has 50 heavy (non-hydrogen) atoms. The van der Waals surface area contributed by atoms with Crippen molar-refractivity contribution in [1.29, 1.82) is 0 Å². The highest BCUT2D eigenvalue weighted by Crippen LogP contribution is 2.47. The minimum atomic E-state index is -2.38. The molecule has 0 saturated carbocycles. The lowest BCUT2D eigenvalue weighted by molar-refractivity contribution is 0.000209. The summed E-state index contributed by atoms with van der Waals surface area (Å²) < 4.78 is 45.4. The zero-order valence-corrected chi connectivity index (χ0v) is 34.2. The van der Waals surface area contributed by atoms with E-state index in [0.717, 1.165) is 5.56 Å². The van der Waals surface area contributed by atoms with Crippen molar-refractivity contribution in [3.05, 3.63) is 35.4 Å². The Kier molecular flexibility index (Phi) is 14.0. The number of carbonyl (C=O) groups excluding carboxylic acids is 1. The molecule has 0 saturated heterocycles. The first kappa shape index (κ1) is 42.0. The van der Waals surface area contributed by atoms with E-state index in [1.54, 1.807) is 42.7 Å². The molecule has 276 valence electrons. The summed E-state index contributed by atoms with van der Waals surface area (Å²) >= 11 is 0. The smallest absolute Gasteiger partial charge is 0.493 e. The van der Waals surface area contributed by atoms with Crippen LogP contribution in [0.3, 0.4) is 0 Å². The molecular weight excluding hydrogens is 653 g/mol. The molecule has 0 bridgehead atoms. The van der Waals surface area contributed by atoms with Crippen molar-refractivity contribution in [2.75, 3.05) is 49.8 Å². The monoisotopic (exact) mass is 710 g/mol. The van der Waals surface area contributed by atoms with E-state index in [2.05, 4.69) is 64.8 Å². The number of hydrogen-bond acceptors (Lipinski definition) is 9. The molecule has 0 heterocycles. The number of carbonyl (C=O) groups is 1. The zero-order chi connectivity index (χ0) is 38.2. The molecule has 2 aromatic carbocycles. The van der Waals surface area contributed by atoms with E-state index in [4.69, 9.17) is 37.9 Å². The van der Waals surface area contributed by atoms with Gasteiger partial charge in [-0.2, -0.15) is 0 Å². The maximum absolute atomic E-state index is 13.3. The lowest BCUT2D eigenvalue weighted by Crippen LogP contribution is -2.51. The molecule has 0 spiro atoms. The third kappa shape index (κ3) is 8.07. The van der Waals surface area contributed by atoms with Crippen molar-refractivity contribution in [1.82, 2.24) is 0 Å². The van der Waals surface area contributed by atoms with Gasteiger partial charge in [-0.05, 0) is 91.6 Å². The Morgan fingerprint density at radius 1 is 0.580 bits per heavy atom. The standard InChI is InChI=1S/C40H58O9Si/c1-26(2)50(27(3)4,28(5)6)21-20-40(49-37(41)48-17,39(9,10)30-24-33(44-13)36(47-16)34(25-30)45-14)19-18-38(7,8)29-22-31(42-11)35(46-15)32(23-29)43-12/h22-28H,1-17H3. The summed E-state index contributed by atoms with van der Waals surface area (Å²) in [5.41, 5.74) is 2.55. The van der Waals surface area contributed by atoms with Gasteiger partial charge in [0.15, 0.2) is 23.0 Å². The minimum absolute atomic E-state index is 0.304. The molecule has 1 atom stereocenters. The fraction of sp³-hybridized carbons (Fsp3) is 0.575. The molecule has 1 unspecified atom stereocenters. The van der Waals surface area contributed by atoms with Gasteiger partial charge in [0, 0.05) is 0 Å². The number of rotatable bonds is 13. The first-order chi connectivity index (χ1) is 23.3. The molecule has 0 amide bonds. The van der Waals surface area contributed by atoms with Crippen LogP contribution in [0.25, 0.3) is 0 Å². The third-order valence-electron chi connectivity index (χ3n) is 9.93. The van der Waals surface area contributed by atoms with Crippen molar-refractivity contribution in [2.24, 2.45) is 0 Å². The van der Waals surface area contributed by atoms with Crippen molar-refractivity contribution < 1.29 is 42.7 Å². The highest BCUT2D eigenvalue weighted by molar-refractivity contribution is 6.90. The highest BCUT2D eigenvalue weighted by Gasteiger charge is 2.51. The SMILES string of the molecule is COC(=O)OC(C#CC(C)(C)c1cc(OC)c(OC)c(OC)c1)(C#C[Si](C(C)C)(C(C)C)C(C)C)C(C)(C)c1cc(OC)c(OC)c(OC)c1. The van der Waals surface area contributed by atoms with E-state index in [-0.39, 0.29) is 0 Å². The highest BCUT2D eigenvalue weighted by atomic mass is 28.3. The summed E-state index contributed by atoms with van der Waals surface area (Å²) in [5.74, 6) is 13.2. The average Bonchev–Trinajstić information content (AvgIpc) is 3.08. The Labute approximate surface area is 301 Å². The molecule has 0 aliphatic rings. The summed E-state index contributed by atoms with van der Waals surface area (Å²) in [7, 11) is 8.25. The van der Waals surface area contributed by atoms with Gasteiger partial charge >= 0.3 is 6.16 Å². The van der Waals surface area contributed by atoms with E-state index in [1.165, 1.54) is 7.11 Å². The molecule has 0 aliphatic heterocycles. The van der Waals surface area contributed by atoms with Crippen LogP contribution in [0.4, 0.5) is 4.79 Å². The Morgan fingerprint density at radius 3 is 1.28 bits per heavy atom. The van der Waals surface area contributed by atoms with E-state index in [1.807, 2.05) is 52.0 Å². The molecule has 0 radical (unpaired) electrons. The quantitative estimate of drug-likeness (QED) is 0.115. The van der Waals surface area contributed by atoms with Crippen LogP contribution >= 0.6 is 0 Å². The van der Waals surface area contributed by atoms with Crippen LogP contribution in [0.1, 0.15) is 80.4 Å². The topological polar surface area (TPSA) is 90.9 Å². The second-order valence-corrected chi connectivity index (χ2v) is 19.8. The zero-order valence-electron chi connectivity index (χ0n) is 33.2. The third-order valence-corrected chi connectivity index (χ3v) is 16.2.